The van der Waals surface area contributed by atoms with Crippen molar-refractivity contribution in [2.75, 3.05) is 29.9 Å². The summed E-state index contributed by atoms with van der Waals surface area (Å²) in [5, 5.41) is 20.4. The molecular formula is C31H35F3N4O4. The van der Waals surface area contributed by atoms with Crippen LogP contribution in [-0.4, -0.2) is 55.1 Å². The number of ether oxygens (including phenoxy) is 1. The number of anilines is 2. The molecule has 0 spiro atoms. The van der Waals surface area contributed by atoms with Crippen LogP contribution in [0.5, 0.6) is 5.75 Å². The van der Waals surface area contributed by atoms with Gasteiger partial charge in [0.1, 0.15) is 5.75 Å². The van der Waals surface area contributed by atoms with E-state index in [1.54, 1.807) is 23.1 Å². The van der Waals surface area contributed by atoms with Gasteiger partial charge in [0.2, 0.25) is 5.91 Å². The Morgan fingerprint density at radius 1 is 1.05 bits per heavy atom. The zero-order valence-electron chi connectivity index (χ0n) is 23.3. The zero-order valence-corrected chi connectivity index (χ0v) is 23.3. The van der Waals surface area contributed by atoms with E-state index in [1.807, 2.05) is 43.3 Å². The molecule has 1 aliphatic rings. The minimum Gasteiger partial charge on any atom is -0.406 e. The van der Waals surface area contributed by atoms with Crippen LogP contribution in [0.4, 0.5) is 24.5 Å². The topological polar surface area (TPSA) is 103 Å². The van der Waals surface area contributed by atoms with E-state index < -0.39 is 24.4 Å². The maximum Gasteiger partial charge on any atom is 0.573 e. The Morgan fingerprint density at radius 2 is 1.81 bits per heavy atom. The number of alkyl halides is 3. The summed E-state index contributed by atoms with van der Waals surface area (Å²) in [6, 6.07) is 19.5. The number of aliphatic hydroxyl groups is 1. The molecule has 3 aromatic carbocycles. The van der Waals surface area contributed by atoms with Gasteiger partial charge in [0.25, 0.3) is 5.91 Å². The van der Waals surface area contributed by atoms with Crippen molar-refractivity contribution in [3.63, 3.8) is 0 Å². The van der Waals surface area contributed by atoms with Gasteiger partial charge in [-0.15, -0.1) is 13.2 Å². The molecule has 1 saturated heterocycles. The lowest BCUT2D eigenvalue weighted by atomic mass is 10.00. The summed E-state index contributed by atoms with van der Waals surface area (Å²) in [7, 11) is 0. The van der Waals surface area contributed by atoms with Crippen LogP contribution in [0.1, 0.15) is 41.3 Å². The molecule has 0 radical (unpaired) electrons. The van der Waals surface area contributed by atoms with Crippen LogP contribution in [0.15, 0.2) is 72.8 Å². The number of aliphatic hydroxyl groups excluding tert-OH is 1. The minimum atomic E-state index is -4.79. The van der Waals surface area contributed by atoms with Crippen molar-refractivity contribution in [1.82, 2.24) is 10.6 Å². The Balaban J connectivity index is 1.47. The Kier molecular flexibility index (Phi) is 10.4. The van der Waals surface area contributed by atoms with Crippen LogP contribution in [0.25, 0.3) is 0 Å². The molecular weight excluding hydrogens is 549 g/mol. The molecule has 4 rings (SSSR count). The number of amides is 2. The predicted molar refractivity (Wildman–Crippen MR) is 154 cm³/mol. The van der Waals surface area contributed by atoms with Crippen molar-refractivity contribution in [2.45, 2.75) is 51.2 Å². The number of nitrogens with zero attached hydrogens (tertiary/aromatic N) is 1. The average Bonchev–Trinajstić information content (AvgIpc) is 3.38. The Morgan fingerprint density at radius 3 is 2.50 bits per heavy atom. The van der Waals surface area contributed by atoms with E-state index >= 15 is 0 Å². The molecule has 8 nitrogen and oxygen atoms in total. The number of carbonyl (C=O) groups excluding carboxylic acids is 2. The molecule has 2 atom stereocenters. The first-order valence-electron chi connectivity index (χ1n) is 13.9. The highest BCUT2D eigenvalue weighted by molar-refractivity contribution is 6.00. The fraction of sp³-hybridized carbons (Fsp3) is 0.355. The maximum atomic E-state index is 13.5. The van der Waals surface area contributed by atoms with Gasteiger partial charge in [-0.05, 0) is 61.2 Å². The van der Waals surface area contributed by atoms with Gasteiger partial charge in [-0.25, -0.2) is 0 Å². The monoisotopic (exact) mass is 584 g/mol. The number of carbonyl (C=O) groups is 2. The van der Waals surface area contributed by atoms with Crippen LogP contribution in [0.2, 0.25) is 0 Å². The Labute approximate surface area is 242 Å². The van der Waals surface area contributed by atoms with E-state index in [2.05, 4.69) is 20.7 Å². The summed E-state index contributed by atoms with van der Waals surface area (Å²) in [4.78, 5) is 27.6. The molecule has 0 saturated carbocycles. The van der Waals surface area contributed by atoms with Crippen molar-refractivity contribution < 1.29 is 32.6 Å². The van der Waals surface area contributed by atoms with Crippen LogP contribution < -0.4 is 25.6 Å². The van der Waals surface area contributed by atoms with E-state index in [4.69, 9.17) is 0 Å². The lowest BCUT2D eigenvalue weighted by molar-refractivity contribution is -0.274. The second-order valence-electron chi connectivity index (χ2n) is 10.1. The smallest absolute Gasteiger partial charge is 0.406 e. The zero-order chi connectivity index (χ0) is 30.1. The average molecular weight is 585 g/mol. The van der Waals surface area contributed by atoms with Gasteiger partial charge in [-0.2, -0.15) is 0 Å². The summed E-state index contributed by atoms with van der Waals surface area (Å²) in [5.74, 6) is -0.722. The van der Waals surface area contributed by atoms with Crippen molar-refractivity contribution in [1.29, 1.82) is 0 Å². The quantitative estimate of drug-likeness (QED) is 0.234. The lowest BCUT2D eigenvalue weighted by Gasteiger charge is -2.25. The Bertz CT molecular complexity index is 1350. The molecule has 4 N–H and O–H groups in total. The first kappa shape index (κ1) is 30.9. The van der Waals surface area contributed by atoms with Gasteiger partial charge in [0, 0.05) is 49.5 Å². The molecule has 0 aromatic heterocycles. The largest absolute Gasteiger partial charge is 0.573 e. The fourth-order valence-corrected chi connectivity index (χ4v) is 4.89. The first-order chi connectivity index (χ1) is 20.1. The summed E-state index contributed by atoms with van der Waals surface area (Å²) >= 11 is 0. The highest BCUT2D eigenvalue weighted by atomic mass is 19.4. The fourth-order valence-electron chi connectivity index (χ4n) is 4.89. The second-order valence-corrected chi connectivity index (χ2v) is 10.1. The molecule has 2 amide bonds. The molecule has 224 valence electrons. The molecule has 3 aromatic rings. The van der Waals surface area contributed by atoms with Crippen molar-refractivity contribution in [3.8, 4) is 5.75 Å². The van der Waals surface area contributed by atoms with Crippen LogP contribution >= 0.6 is 0 Å². The molecule has 1 heterocycles. The van der Waals surface area contributed by atoms with E-state index in [-0.39, 0.29) is 24.7 Å². The lowest BCUT2D eigenvalue weighted by Crippen LogP contribution is -2.48. The van der Waals surface area contributed by atoms with Crippen molar-refractivity contribution in [2.24, 2.45) is 0 Å². The molecule has 0 aliphatic carbocycles. The number of hydrogen-bond acceptors (Lipinski definition) is 6. The highest BCUT2D eigenvalue weighted by Crippen LogP contribution is 2.27. The van der Waals surface area contributed by atoms with Gasteiger partial charge in [-0.3, -0.25) is 9.59 Å². The number of nitrogens with one attached hydrogen (secondary N) is 3. The second kappa shape index (κ2) is 14.2. The third-order valence-electron chi connectivity index (χ3n) is 6.84. The molecule has 0 bridgehead atoms. The summed E-state index contributed by atoms with van der Waals surface area (Å²) in [5.41, 5.74) is 3.14. The number of rotatable bonds is 13. The normalized spacial score (nSPS) is 14.9. The van der Waals surface area contributed by atoms with Gasteiger partial charge >= 0.3 is 6.36 Å². The van der Waals surface area contributed by atoms with E-state index in [0.717, 1.165) is 12.0 Å². The summed E-state index contributed by atoms with van der Waals surface area (Å²) in [6.45, 7) is 3.39. The van der Waals surface area contributed by atoms with E-state index in [9.17, 15) is 27.9 Å². The first-order valence-corrected chi connectivity index (χ1v) is 13.9. The molecule has 2 unspecified atom stereocenters. The van der Waals surface area contributed by atoms with Gasteiger partial charge in [0.05, 0.1) is 12.1 Å². The van der Waals surface area contributed by atoms with Gasteiger partial charge < -0.3 is 30.7 Å². The SMILES string of the molecule is CCNc1cc(C(=O)NC(Cc2ccccc2)C(O)CNCc2cccc(OC(F)(F)F)c2)cc(N2CCCC2=O)c1. The van der Waals surface area contributed by atoms with Gasteiger partial charge in [0.15, 0.2) is 0 Å². The molecule has 11 heteroatoms. The summed E-state index contributed by atoms with van der Waals surface area (Å²) < 4.78 is 41.7. The standard InChI is InChI=1S/C31H35F3N4O4/c1-2-36-24-16-23(17-25(18-24)38-13-7-12-29(38)40)30(41)37-27(15-21-8-4-3-5-9-21)28(39)20-35-19-22-10-6-11-26(14-22)42-31(32,33)34/h3-6,8-11,14,16-18,27-28,35-36,39H,2,7,12-13,15,19-20H2,1H3,(H,37,41). The third kappa shape index (κ3) is 8.95. The number of hydrogen-bond donors (Lipinski definition) is 4. The number of halogens is 3. The third-order valence-corrected chi connectivity index (χ3v) is 6.84. The maximum absolute atomic E-state index is 13.5. The van der Waals surface area contributed by atoms with Gasteiger partial charge in [-0.1, -0.05) is 42.5 Å². The molecule has 42 heavy (non-hydrogen) atoms. The van der Waals surface area contributed by atoms with Crippen LogP contribution in [0.3, 0.4) is 0 Å². The molecule has 1 aliphatic heterocycles. The van der Waals surface area contributed by atoms with Crippen molar-refractivity contribution in [3.05, 3.63) is 89.5 Å². The van der Waals surface area contributed by atoms with Crippen LogP contribution in [-0.2, 0) is 17.8 Å². The minimum absolute atomic E-state index is 0.00830. The number of benzene rings is 3. The van der Waals surface area contributed by atoms with E-state index in [0.29, 0.717) is 48.4 Å². The molecule has 1 fully saturated rings. The summed E-state index contributed by atoms with van der Waals surface area (Å²) in [6.07, 6.45) is -4.26. The van der Waals surface area contributed by atoms with E-state index in [1.165, 1.54) is 18.2 Å². The van der Waals surface area contributed by atoms with Crippen molar-refractivity contribution >= 4 is 23.2 Å². The predicted octanol–water partition coefficient (Wildman–Crippen LogP) is 4.64. The highest BCUT2D eigenvalue weighted by Gasteiger charge is 2.31. The Hall–Kier alpha value is -4.09. The van der Waals surface area contributed by atoms with Crippen LogP contribution in [0, 0.1) is 0 Å².